The zero-order valence-corrected chi connectivity index (χ0v) is 12.9. The molecule has 0 spiro atoms. The van der Waals surface area contributed by atoms with E-state index in [0.29, 0.717) is 16.7 Å². The van der Waals surface area contributed by atoms with E-state index < -0.39 is 15.6 Å². The van der Waals surface area contributed by atoms with Crippen molar-refractivity contribution >= 4 is 27.2 Å². The van der Waals surface area contributed by atoms with Gasteiger partial charge in [0.05, 0.1) is 0 Å². The van der Waals surface area contributed by atoms with Gasteiger partial charge in [0, 0.05) is 16.7 Å². The van der Waals surface area contributed by atoms with Crippen molar-refractivity contribution in [2.24, 2.45) is 0 Å². The predicted molar refractivity (Wildman–Crippen MR) is 74.0 cm³/mol. The topological polar surface area (TPSA) is 158 Å². The Hall–Kier alpha value is -1.44. The van der Waals surface area contributed by atoms with E-state index in [2.05, 4.69) is 4.31 Å². The Morgan fingerprint density at radius 2 is 1.36 bits per heavy atom. The van der Waals surface area contributed by atoms with Gasteiger partial charge in [-0.3, -0.25) is 9.59 Å². The smallest absolute Gasteiger partial charge is 0.302 e. The van der Waals surface area contributed by atoms with E-state index in [4.69, 9.17) is 19.6 Å². The van der Waals surface area contributed by atoms with Crippen molar-refractivity contribution in [3.63, 3.8) is 0 Å². The first-order valence-corrected chi connectivity index (χ1v) is 8.65. The molecule has 1 aromatic carbocycles. The lowest BCUT2D eigenvalue weighted by Crippen LogP contribution is -2.14. The lowest BCUT2D eigenvalue weighted by molar-refractivity contribution is 0.0984. The largest absolute Gasteiger partial charge is 0.478 e. The Morgan fingerprint density at radius 1 is 0.909 bits per heavy atom. The van der Waals surface area contributed by atoms with Crippen LogP contribution in [0.15, 0.2) is 35.9 Å². The van der Waals surface area contributed by atoms with E-state index in [0.717, 1.165) is 0 Å². The zero-order chi connectivity index (χ0) is 17.1. The number of carbonyl (C=O) groups is 2. The van der Waals surface area contributed by atoms with E-state index in [9.17, 15) is 18.7 Å². The standard InChI is InChI=1S/C11H8O2.H4O7P2/c1-7-6-10(12)8-4-2-3-5-9(8)11(7)13;1-8(2,3)7-9(4,5)6/h2-6H,1H3;(H2,1,2,3)(H2,4,5,6). The fourth-order valence-corrected chi connectivity index (χ4v) is 2.70. The maximum Gasteiger partial charge on any atom is 0.478 e. The molecule has 0 bridgehead atoms. The van der Waals surface area contributed by atoms with Crippen molar-refractivity contribution < 1.29 is 42.6 Å². The number of Topliss-reactive ketones (excluding diaryl/α,β-unsaturated/α-hetero) is 1. The van der Waals surface area contributed by atoms with Crippen LogP contribution in [0.4, 0.5) is 0 Å². The molecule has 120 valence electrons. The van der Waals surface area contributed by atoms with Crippen LogP contribution >= 0.6 is 15.6 Å². The molecule has 1 aromatic rings. The van der Waals surface area contributed by atoms with Crippen molar-refractivity contribution in [2.75, 3.05) is 0 Å². The highest BCUT2D eigenvalue weighted by Crippen LogP contribution is 2.53. The van der Waals surface area contributed by atoms with Gasteiger partial charge in [0.2, 0.25) is 0 Å². The molecule has 0 aliphatic heterocycles. The molecule has 1 aliphatic carbocycles. The lowest BCUT2D eigenvalue weighted by Gasteiger charge is -2.11. The van der Waals surface area contributed by atoms with Crippen LogP contribution in [0, 0.1) is 0 Å². The first-order valence-electron chi connectivity index (χ1n) is 5.59. The molecular weight excluding hydrogens is 338 g/mol. The maximum atomic E-state index is 11.5. The maximum absolute atomic E-state index is 11.5. The molecule has 0 aromatic heterocycles. The molecule has 2 rings (SSSR count). The van der Waals surface area contributed by atoms with Gasteiger partial charge in [-0.05, 0) is 13.0 Å². The molecular formula is C11H12O9P2. The van der Waals surface area contributed by atoms with Gasteiger partial charge in [0.25, 0.3) is 0 Å². The first-order chi connectivity index (χ1) is 9.91. The molecule has 0 heterocycles. The second-order valence-electron chi connectivity index (χ2n) is 4.13. The number of allylic oxidation sites excluding steroid dienone is 2. The summed E-state index contributed by atoms with van der Waals surface area (Å²) in [6.07, 6.45) is 1.39. The van der Waals surface area contributed by atoms with Crippen LogP contribution in [0.25, 0.3) is 0 Å². The Kier molecular flexibility index (Phi) is 5.72. The Morgan fingerprint density at radius 3 is 1.77 bits per heavy atom. The van der Waals surface area contributed by atoms with Crippen LogP contribution in [0.3, 0.4) is 0 Å². The highest BCUT2D eigenvalue weighted by atomic mass is 31.3. The van der Waals surface area contributed by atoms with Crippen molar-refractivity contribution in [3.8, 4) is 0 Å². The fraction of sp³-hybridized carbons (Fsp3) is 0.0909. The second kappa shape index (κ2) is 6.76. The molecule has 0 saturated carbocycles. The molecule has 1 aliphatic rings. The van der Waals surface area contributed by atoms with Gasteiger partial charge in [0.1, 0.15) is 0 Å². The summed E-state index contributed by atoms with van der Waals surface area (Å²) in [5.74, 6) is -0.122. The minimum Gasteiger partial charge on any atom is -0.302 e. The minimum absolute atomic E-state index is 0.0461. The summed E-state index contributed by atoms with van der Waals surface area (Å²) in [5.41, 5.74) is 1.55. The quantitative estimate of drug-likeness (QED) is 0.575. The van der Waals surface area contributed by atoms with Crippen LogP contribution in [0.1, 0.15) is 27.6 Å². The van der Waals surface area contributed by atoms with Gasteiger partial charge in [-0.2, -0.15) is 4.31 Å². The number of hydrogen-bond acceptors (Lipinski definition) is 5. The Labute approximate surface area is 124 Å². The van der Waals surface area contributed by atoms with Crippen LogP contribution < -0.4 is 0 Å². The molecule has 0 atom stereocenters. The van der Waals surface area contributed by atoms with Gasteiger partial charge in [-0.15, -0.1) is 0 Å². The van der Waals surface area contributed by atoms with Crippen molar-refractivity contribution in [2.45, 2.75) is 6.92 Å². The monoisotopic (exact) mass is 350 g/mol. The Bertz CT molecular complexity index is 705. The number of rotatable bonds is 2. The third-order valence-electron chi connectivity index (χ3n) is 2.36. The van der Waals surface area contributed by atoms with E-state index in [-0.39, 0.29) is 11.6 Å². The molecule has 0 fully saturated rings. The Balaban J connectivity index is 0.000000239. The van der Waals surface area contributed by atoms with Crippen LogP contribution in [0.5, 0.6) is 0 Å². The van der Waals surface area contributed by atoms with Crippen LogP contribution in [-0.4, -0.2) is 31.1 Å². The van der Waals surface area contributed by atoms with Crippen molar-refractivity contribution in [1.82, 2.24) is 0 Å². The first kappa shape index (κ1) is 18.6. The van der Waals surface area contributed by atoms with E-state index in [1.165, 1.54) is 6.08 Å². The molecule has 0 unspecified atom stereocenters. The highest BCUT2D eigenvalue weighted by molar-refractivity contribution is 7.60. The summed E-state index contributed by atoms with van der Waals surface area (Å²) in [4.78, 5) is 54.0. The number of carbonyl (C=O) groups excluding carboxylic acids is 2. The van der Waals surface area contributed by atoms with E-state index >= 15 is 0 Å². The van der Waals surface area contributed by atoms with Crippen molar-refractivity contribution in [1.29, 1.82) is 0 Å². The summed E-state index contributed by atoms with van der Waals surface area (Å²) in [6, 6.07) is 6.89. The molecule has 11 heteroatoms. The van der Waals surface area contributed by atoms with Crippen LogP contribution in [-0.2, 0) is 13.4 Å². The summed E-state index contributed by atoms with van der Waals surface area (Å²) in [6.45, 7) is 1.66. The molecule has 0 amide bonds. The number of hydrogen-bond donors (Lipinski definition) is 4. The SMILES string of the molecule is CC1=CC(=O)c2ccccc2C1=O.O=P(O)(O)OP(=O)(O)O. The summed E-state index contributed by atoms with van der Waals surface area (Å²) in [7, 11) is -10.1. The number of benzene rings is 1. The van der Waals surface area contributed by atoms with E-state index in [1.807, 2.05) is 0 Å². The van der Waals surface area contributed by atoms with Crippen LogP contribution in [0.2, 0.25) is 0 Å². The number of phosphoric acid groups is 2. The third kappa shape index (κ3) is 5.75. The van der Waals surface area contributed by atoms with E-state index in [1.54, 1.807) is 31.2 Å². The van der Waals surface area contributed by atoms with Gasteiger partial charge < -0.3 is 19.6 Å². The molecule has 0 radical (unpaired) electrons. The number of fused-ring (bicyclic) bond motifs is 1. The summed E-state index contributed by atoms with van der Waals surface area (Å²) >= 11 is 0. The van der Waals surface area contributed by atoms with Gasteiger partial charge in [0.15, 0.2) is 11.6 Å². The van der Waals surface area contributed by atoms with Gasteiger partial charge in [-0.25, -0.2) is 9.13 Å². The fourth-order valence-electron chi connectivity index (χ4n) is 1.59. The van der Waals surface area contributed by atoms with Crippen molar-refractivity contribution in [3.05, 3.63) is 47.0 Å². The van der Waals surface area contributed by atoms with Gasteiger partial charge in [-0.1, -0.05) is 24.3 Å². The summed E-state index contributed by atoms with van der Waals surface area (Å²) in [5, 5.41) is 0. The second-order valence-corrected chi connectivity index (χ2v) is 6.74. The molecule has 4 N–H and O–H groups in total. The lowest BCUT2D eigenvalue weighted by atomic mass is 9.90. The third-order valence-corrected chi connectivity index (χ3v) is 4.06. The molecule has 9 nitrogen and oxygen atoms in total. The molecule has 0 saturated heterocycles. The normalized spacial score (nSPS) is 14.7. The summed E-state index contributed by atoms with van der Waals surface area (Å²) < 4.78 is 22.2. The zero-order valence-electron chi connectivity index (χ0n) is 11.1. The molecule has 22 heavy (non-hydrogen) atoms. The average molecular weight is 350 g/mol. The average Bonchev–Trinajstić information content (AvgIpc) is 2.32. The number of ketones is 2. The minimum atomic E-state index is -5.05. The van der Waals surface area contributed by atoms with Gasteiger partial charge >= 0.3 is 15.6 Å². The highest BCUT2D eigenvalue weighted by Gasteiger charge is 2.28. The predicted octanol–water partition coefficient (Wildman–Crippen LogP) is 1.20.